The maximum Gasteiger partial charge on any atom is 0.220 e. The van der Waals surface area contributed by atoms with Gasteiger partial charge in [-0.1, -0.05) is 28.1 Å². The first-order chi connectivity index (χ1) is 8.15. The molecule has 0 aromatic heterocycles. The van der Waals surface area contributed by atoms with Crippen molar-refractivity contribution in [1.82, 2.24) is 10.6 Å². The van der Waals surface area contributed by atoms with Crippen molar-refractivity contribution in [2.45, 2.75) is 19.4 Å². The van der Waals surface area contributed by atoms with Gasteiger partial charge in [0.2, 0.25) is 5.91 Å². The summed E-state index contributed by atoms with van der Waals surface area (Å²) in [6.45, 7) is 3.95. The molecule has 1 unspecified atom stereocenters. The summed E-state index contributed by atoms with van der Waals surface area (Å²) in [6, 6.07) is 8.10. The Labute approximate surface area is 110 Å². The molecular formula is C13H17BrN2O. The van der Waals surface area contributed by atoms with E-state index in [1.807, 2.05) is 31.2 Å². The molecule has 1 aromatic rings. The fourth-order valence-corrected chi connectivity index (χ4v) is 2.33. The zero-order valence-corrected chi connectivity index (χ0v) is 11.5. The lowest BCUT2D eigenvalue weighted by atomic mass is 9.98. The number of nitrogens with one attached hydrogen (secondary N) is 2. The summed E-state index contributed by atoms with van der Waals surface area (Å²) in [5, 5.41) is 6.21. The van der Waals surface area contributed by atoms with Gasteiger partial charge in [-0.3, -0.25) is 4.79 Å². The topological polar surface area (TPSA) is 41.1 Å². The van der Waals surface area contributed by atoms with Gasteiger partial charge in [-0.15, -0.1) is 0 Å². The van der Waals surface area contributed by atoms with Crippen molar-refractivity contribution < 1.29 is 4.79 Å². The van der Waals surface area contributed by atoms with E-state index in [4.69, 9.17) is 0 Å². The van der Waals surface area contributed by atoms with E-state index in [0.29, 0.717) is 12.3 Å². The standard InChI is InChI=1S/C13H17BrN2O/c1-9(11-3-2-4-12(14)6-11)16-13(17)5-10-7-15-8-10/h2-4,6,9-10,15H,5,7-8H2,1H3,(H,16,17). The van der Waals surface area contributed by atoms with Crippen LogP contribution >= 0.6 is 15.9 Å². The lowest BCUT2D eigenvalue weighted by Gasteiger charge is -2.27. The van der Waals surface area contributed by atoms with E-state index < -0.39 is 0 Å². The van der Waals surface area contributed by atoms with Gasteiger partial charge >= 0.3 is 0 Å². The van der Waals surface area contributed by atoms with Gasteiger partial charge < -0.3 is 10.6 Å². The molecule has 0 spiro atoms. The molecule has 1 fully saturated rings. The van der Waals surface area contributed by atoms with Gasteiger partial charge in [0.15, 0.2) is 0 Å². The van der Waals surface area contributed by atoms with Crippen molar-refractivity contribution in [2.75, 3.05) is 13.1 Å². The monoisotopic (exact) mass is 296 g/mol. The Morgan fingerprint density at radius 1 is 1.59 bits per heavy atom. The molecular weight excluding hydrogens is 280 g/mol. The van der Waals surface area contributed by atoms with Crippen LogP contribution in [0, 0.1) is 5.92 Å². The average Bonchev–Trinajstić information content (AvgIpc) is 2.23. The third kappa shape index (κ3) is 3.54. The molecule has 92 valence electrons. The molecule has 1 aliphatic rings. The first kappa shape index (κ1) is 12.6. The van der Waals surface area contributed by atoms with Crippen LogP contribution in [-0.2, 0) is 4.79 Å². The van der Waals surface area contributed by atoms with Crippen LogP contribution in [-0.4, -0.2) is 19.0 Å². The fourth-order valence-electron chi connectivity index (χ4n) is 1.91. The van der Waals surface area contributed by atoms with E-state index in [1.165, 1.54) is 0 Å². The van der Waals surface area contributed by atoms with Crippen LogP contribution in [0.5, 0.6) is 0 Å². The summed E-state index contributed by atoms with van der Waals surface area (Å²) >= 11 is 3.44. The van der Waals surface area contributed by atoms with Gasteiger partial charge in [-0.2, -0.15) is 0 Å². The van der Waals surface area contributed by atoms with E-state index in [2.05, 4.69) is 26.6 Å². The number of carbonyl (C=O) groups is 1. The molecule has 1 saturated heterocycles. The Kier molecular flexibility index (Phi) is 4.18. The highest BCUT2D eigenvalue weighted by Gasteiger charge is 2.21. The molecule has 4 heteroatoms. The summed E-state index contributed by atoms with van der Waals surface area (Å²) < 4.78 is 1.04. The van der Waals surface area contributed by atoms with E-state index in [1.54, 1.807) is 0 Å². The highest BCUT2D eigenvalue weighted by molar-refractivity contribution is 9.10. The zero-order valence-electron chi connectivity index (χ0n) is 9.87. The van der Waals surface area contributed by atoms with E-state index >= 15 is 0 Å². The minimum absolute atomic E-state index is 0.0630. The van der Waals surface area contributed by atoms with Gasteiger partial charge in [0.25, 0.3) is 0 Å². The van der Waals surface area contributed by atoms with Crippen molar-refractivity contribution in [3.8, 4) is 0 Å². The number of amides is 1. The van der Waals surface area contributed by atoms with Crippen molar-refractivity contribution >= 4 is 21.8 Å². The van der Waals surface area contributed by atoms with Gasteiger partial charge in [0, 0.05) is 10.9 Å². The van der Waals surface area contributed by atoms with Crippen molar-refractivity contribution in [3.63, 3.8) is 0 Å². The zero-order chi connectivity index (χ0) is 12.3. The first-order valence-corrected chi connectivity index (χ1v) is 6.70. The molecule has 3 nitrogen and oxygen atoms in total. The van der Waals surface area contributed by atoms with Gasteiger partial charge in [-0.25, -0.2) is 0 Å². The highest BCUT2D eigenvalue weighted by atomic mass is 79.9. The molecule has 17 heavy (non-hydrogen) atoms. The number of hydrogen-bond acceptors (Lipinski definition) is 2. The Balaban J connectivity index is 1.87. The quantitative estimate of drug-likeness (QED) is 0.895. The van der Waals surface area contributed by atoms with Crippen LogP contribution in [0.1, 0.15) is 24.9 Å². The average molecular weight is 297 g/mol. The summed E-state index contributed by atoms with van der Waals surface area (Å²) in [5.74, 6) is 0.661. The molecule has 0 bridgehead atoms. The minimum Gasteiger partial charge on any atom is -0.350 e. The largest absolute Gasteiger partial charge is 0.350 e. The van der Waals surface area contributed by atoms with E-state index in [9.17, 15) is 4.79 Å². The van der Waals surface area contributed by atoms with Crippen molar-refractivity contribution in [1.29, 1.82) is 0 Å². The van der Waals surface area contributed by atoms with Gasteiger partial charge in [-0.05, 0) is 43.6 Å². The molecule has 0 saturated carbocycles. The molecule has 2 N–H and O–H groups in total. The number of benzene rings is 1. The summed E-state index contributed by atoms with van der Waals surface area (Å²) in [4.78, 5) is 11.8. The second kappa shape index (κ2) is 5.65. The molecule has 2 rings (SSSR count). The fraction of sp³-hybridized carbons (Fsp3) is 0.462. The van der Waals surface area contributed by atoms with Gasteiger partial charge in [0.05, 0.1) is 6.04 Å². The Hall–Kier alpha value is -0.870. The van der Waals surface area contributed by atoms with Crippen LogP contribution in [0.4, 0.5) is 0 Å². The molecule has 0 radical (unpaired) electrons. The van der Waals surface area contributed by atoms with Crippen molar-refractivity contribution in [3.05, 3.63) is 34.3 Å². The predicted molar refractivity (Wildman–Crippen MR) is 71.7 cm³/mol. The molecule has 1 heterocycles. The third-order valence-corrected chi connectivity index (χ3v) is 3.56. The molecule has 0 aliphatic carbocycles. The predicted octanol–water partition coefficient (Wildman–Crippen LogP) is 2.24. The second-order valence-electron chi connectivity index (χ2n) is 4.57. The van der Waals surface area contributed by atoms with Crippen LogP contribution in [0.3, 0.4) is 0 Å². The Morgan fingerprint density at radius 3 is 2.94 bits per heavy atom. The van der Waals surface area contributed by atoms with Crippen LogP contribution in [0.25, 0.3) is 0 Å². The van der Waals surface area contributed by atoms with Crippen LogP contribution < -0.4 is 10.6 Å². The SMILES string of the molecule is CC(NC(=O)CC1CNC1)c1cccc(Br)c1. The summed E-state index contributed by atoms with van der Waals surface area (Å²) in [6.07, 6.45) is 0.630. The maximum absolute atomic E-state index is 11.8. The highest BCUT2D eigenvalue weighted by Crippen LogP contribution is 2.18. The lowest BCUT2D eigenvalue weighted by molar-refractivity contribution is -0.123. The lowest BCUT2D eigenvalue weighted by Crippen LogP contribution is -2.44. The first-order valence-electron chi connectivity index (χ1n) is 5.90. The van der Waals surface area contributed by atoms with Crippen LogP contribution in [0.15, 0.2) is 28.7 Å². The molecule has 1 amide bonds. The number of carbonyl (C=O) groups excluding carboxylic acids is 1. The summed E-state index contributed by atoms with van der Waals surface area (Å²) in [5.41, 5.74) is 1.12. The Bertz CT molecular complexity index is 404. The summed E-state index contributed by atoms with van der Waals surface area (Å²) in [7, 11) is 0. The smallest absolute Gasteiger partial charge is 0.220 e. The van der Waals surface area contributed by atoms with E-state index in [0.717, 1.165) is 23.1 Å². The molecule has 1 aliphatic heterocycles. The number of hydrogen-bond donors (Lipinski definition) is 2. The Morgan fingerprint density at radius 2 is 2.35 bits per heavy atom. The van der Waals surface area contributed by atoms with Crippen molar-refractivity contribution in [2.24, 2.45) is 5.92 Å². The minimum atomic E-state index is 0.0630. The number of rotatable bonds is 4. The van der Waals surface area contributed by atoms with Gasteiger partial charge in [0.1, 0.15) is 0 Å². The van der Waals surface area contributed by atoms with E-state index in [-0.39, 0.29) is 11.9 Å². The van der Waals surface area contributed by atoms with Crippen LogP contribution in [0.2, 0.25) is 0 Å². The molecule has 1 atom stereocenters. The normalized spacial score (nSPS) is 17.3. The molecule has 1 aromatic carbocycles. The maximum atomic E-state index is 11.8. The third-order valence-electron chi connectivity index (χ3n) is 3.07. The number of halogens is 1. The second-order valence-corrected chi connectivity index (χ2v) is 5.49.